The Morgan fingerprint density at radius 2 is 1.62 bits per heavy atom. The number of alkyl halides is 3. The van der Waals surface area contributed by atoms with E-state index in [2.05, 4.69) is 25.9 Å². The van der Waals surface area contributed by atoms with E-state index in [0.29, 0.717) is 70.4 Å². The summed E-state index contributed by atoms with van der Waals surface area (Å²) in [5.74, 6) is -2.39. The summed E-state index contributed by atoms with van der Waals surface area (Å²) in [7, 11) is 0. The number of carboxylic acids is 1. The lowest BCUT2D eigenvalue weighted by molar-refractivity contribution is -0.144. The van der Waals surface area contributed by atoms with Crippen LogP contribution >= 0.6 is 0 Å². The Morgan fingerprint density at radius 1 is 0.957 bits per heavy atom. The maximum absolute atomic E-state index is 13.9. The van der Waals surface area contributed by atoms with Crippen LogP contribution in [0.2, 0.25) is 0 Å². The molecule has 248 valence electrons. The highest BCUT2D eigenvalue weighted by Gasteiger charge is 2.40. The predicted octanol–water partition coefficient (Wildman–Crippen LogP) is 2.12. The molecule has 0 saturated carbocycles. The Balaban J connectivity index is 1.16. The van der Waals surface area contributed by atoms with E-state index in [1.807, 2.05) is 6.07 Å². The SMILES string of the molecule is N#Cc1ccc(CCNC(=O)C2CCN2c2cc(N3CCC(CCNc4c(NCC(=O)O)c(=O)c4=O)CC3)nc(C(F)(F)F)n2)cc1. The van der Waals surface area contributed by atoms with Crippen LogP contribution in [0.4, 0.5) is 36.2 Å². The Kier molecular flexibility index (Phi) is 9.92. The lowest BCUT2D eigenvalue weighted by atomic mass is 9.93. The van der Waals surface area contributed by atoms with Crippen LogP contribution in [0.15, 0.2) is 39.9 Å². The lowest BCUT2D eigenvalue weighted by Gasteiger charge is -2.41. The van der Waals surface area contributed by atoms with E-state index in [-0.39, 0.29) is 34.8 Å². The molecular weight excluding hydrogens is 621 g/mol. The van der Waals surface area contributed by atoms with E-state index in [9.17, 15) is 32.3 Å². The minimum atomic E-state index is -4.79. The number of anilines is 4. The Morgan fingerprint density at radius 3 is 2.21 bits per heavy atom. The van der Waals surface area contributed by atoms with E-state index in [4.69, 9.17) is 10.4 Å². The summed E-state index contributed by atoms with van der Waals surface area (Å²) in [5.41, 5.74) is 0.00834. The van der Waals surface area contributed by atoms with E-state index >= 15 is 0 Å². The minimum Gasteiger partial charge on any atom is -0.480 e. The summed E-state index contributed by atoms with van der Waals surface area (Å²) >= 11 is 0. The van der Waals surface area contributed by atoms with Gasteiger partial charge in [0, 0.05) is 38.8 Å². The first-order valence-corrected chi connectivity index (χ1v) is 15.2. The second-order valence-corrected chi connectivity index (χ2v) is 11.6. The zero-order chi connectivity index (χ0) is 33.7. The second-order valence-electron chi connectivity index (χ2n) is 11.6. The highest BCUT2D eigenvalue weighted by atomic mass is 19.4. The van der Waals surface area contributed by atoms with Crippen LogP contribution in [0.5, 0.6) is 0 Å². The summed E-state index contributed by atoms with van der Waals surface area (Å²) < 4.78 is 41.6. The Labute approximate surface area is 267 Å². The van der Waals surface area contributed by atoms with E-state index < -0.39 is 41.4 Å². The summed E-state index contributed by atoms with van der Waals surface area (Å²) in [6, 6.07) is 9.87. The van der Waals surface area contributed by atoms with Gasteiger partial charge in [-0.25, -0.2) is 9.97 Å². The van der Waals surface area contributed by atoms with Gasteiger partial charge in [-0.1, -0.05) is 12.1 Å². The molecule has 47 heavy (non-hydrogen) atoms. The van der Waals surface area contributed by atoms with Crippen LogP contribution in [-0.4, -0.2) is 72.3 Å². The fourth-order valence-electron chi connectivity index (χ4n) is 5.73. The zero-order valence-electron chi connectivity index (χ0n) is 25.3. The average molecular weight is 655 g/mol. The fourth-order valence-corrected chi connectivity index (χ4v) is 5.73. The van der Waals surface area contributed by atoms with Crippen molar-refractivity contribution >= 4 is 34.9 Å². The molecule has 3 aromatic rings. The normalized spacial score (nSPS) is 16.8. The van der Waals surface area contributed by atoms with E-state index in [0.717, 1.165) is 5.56 Å². The molecule has 4 N–H and O–H groups in total. The first-order chi connectivity index (χ1) is 22.4. The Hall–Kier alpha value is -5.20. The molecule has 13 nitrogen and oxygen atoms in total. The lowest BCUT2D eigenvalue weighted by Crippen LogP contribution is -2.57. The molecule has 2 aliphatic heterocycles. The average Bonchev–Trinajstić information content (AvgIpc) is 3.03. The van der Waals surface area contributed by atoms with Gasteiger partial charge < -0.3 is 30.9 Å². The number of hydrogen-bond donors (Lipinski definition) is 4. The number of rotatable bonds is 13. The van der Waals surface area contributed by atoms with Gasteiger partial charge in [-0.15, -0.1) is 0 Å². The molecule has 1 unspecified atom stereocenters. The van der Waals surface area contributed by atoms with Crippen LogP contribution in [-0.2, 0) is 22.2 Å². The topological polar surface area (TPSA) is 181 Å². The molecule has 2 aromatic carbocycles. The van der Waals surface area contributed by atoms with Crippen molar-refractivity contribution in [2.24, 2.45) is 5.92 Å². The number of nitrogens with zero attached hydrogens (tertiary/aromatic N) is 5. The van der Waals surface area contributed by atoms with Gasteiger partial charge in [0.05, 0.1) is 11.6 Å². The quantitative estimate of drug-likeness (QED) is 0.198. The van der Waals surface area contributed by atoms with Crippen LogP contribution in [0, 0.1) is 17.2 Å². The zero-order valence-corrected chi connectivity index (χ0v) is 25.3. The fraction of sp³-hybridized carbons (Fsp3) is 0.452. The molecule has 3 heterocycles. The van der Waals surface area contributed by atoms with Crippen molar-refractivity contribution in [3.05, 3.63) is 67.7 Å². The number of nitriles is 1. The molecule has 2 saturated heterocycles. The van der Waals surface area contributed by atoms with Crippen molar-refractivity contribution in [1.82, 2.24) is 15.3 Å². The molecule has 0 aliphatic carbocycles. The van der Waals surface area contributed by atoms with Crippen LogP contribution in [0.1, 0.15) is 42.6 Å². The first kappa shape index (κ1) is 33.2. The molecule has 5 rings (SSSR count). The molecule has 2 fully saturated rings. The third kappa shape index (κ3) is 7.79. The first-order valence-electron chi connectivity index (χ1n) is 15.2. The smallest absolute Gasteiger partial charge is 0.451 e. The number of aromatic nitrogens is 2. The van der Waals surface area contributed by atoms with Gasteiger partial charge in [0.15, 0.2) is 0 Å². The van der Waals surface area contributed by atoms with Crippen molar-refractivity contribution < 1.29 is 27.9 Å². The van der Waals surface area contributed by atoms with E-state index in [1.54, 1.807) is 34.1 Å². The number of nitrogens with one attached hydrogen (secondary N) is 3. The molecular formula is C31H33F3N8O5. The van der Waals surface area contributed by atoms with Crippen LogP contribution < -0.4 is 36.6 Å². The molecule has 0 bridgehead atoms. The number of benzene rings is 1. The molecule has 2 aliphatic rings. The number of carbonyl (C=O) groups excluding carboxylic acids is 1. The largest absolute Gasteiger partial charge is 0.480 e. The second kappa shape index (κ2) is 14.1. The molecule has 0 spiro atoms. The third-order valence-electron chi connectivity index (χ3n) is 8.48. The van der Waals surface area contributed by atoms with Crippen molar-refractivity contribution in [3.8, 4) is 6.07 Å². The van der Waals surface area contributed by atoms with Crippen molar-refractivity contribution in [3.63, 3.8) is 0 Å². The maximum atomic E-state index is 13.9. The summed E-state index contributed by atoms with van der Waals surface area (Å²) in [4.78, 5) is 58.2. The number of amides is 1. The van der Waals surface area contributed by atoms with E-state index in [1.165, 1.54) is 6.07 Å². The van der Waals surface area contributed by atoms with Gasteiger partial charge in [0.2, 0.25) is 11.7 Å². The van der Waals surface area contributed by atoms with Crippen molar-refractivity contribution in [2.75, 3.05) is 59.7 Å². The highest BCUT2D eigenvalue weighted by molar-refractivity contribution is 5.86. The standard InChI is InChI=1S/C31H33F3N8O5/c32-31(33,34)30-39-22(41-12-7-19(8-13-41)5-10-36-25-26(28(46)27(25)45)38-17-24(43)44)15-23(40-30)42-14-9-21(42)29(47)37-11-6-18-1-3-20(16-35)4-2-18/h1-4,15,19,21,36,38H,5-14,17H2,(H,37,47)(H,43,44). The molecule has 1 aromatic heterocycles. The number of hydrogen-bond acceptors (Lipinski definition) is 11. The number of aliphatic carboxylic acids is 1. The Bertz CT molecular complexity index is 1730. The van der Waals surface area contributed by atoms with Gasteiger partial charge in [0.1, 0.15) is 35.6 Å². The van der Waals surface area contributed by atoms with Crippen molar-refractivity contribution in [2.45, 2.75) is 44.3 Å². The van der Waals surface area contributed by atoms with Gasteiger partial charge in [-0.05, 0) is 55.7 Å². The number of carbonyl (C=O) groups is 2. The number of carboxylic acid groups (broad SMARTS) is 1. The number of halogens is 3. The molecule has 16 heteroatoms. The van der Waals surface area contributed by atoms with Gasteiger partial charge >= 0.3 is 12.1 Å². The number of piperidine rings is 1. The summed E-state index contributed by atoms with van der Waals surface area (Å²) in [5, 5.41) is 25.9. The van der Waals surface area contributed by atoms with Crippen molar-refractivity contribution in [1.29, 1.82) is 5.26 Å². The maximum Gasteiger partial charge on any atom is 0.451 e. The predicted molar refractivity (Wildman–Crippen MR) is 166 cm³/mol. The van der Waals surface area contributed by atoms with Crippen LogP contribution in [0.25, 0.3) is 0 Å². The third-order valence-corrected chi connectivity index (χ3v) is 8.48. The summed E-state index contributed by atoms with van der Waals surface area (Å²) in [6.45, 7) is 1.43. The molecule has 0 radical (unpaired) electrons. The molecule has 1 amide bonds. The van der Waals surface area contributed by atoms with Gasteiger partial charge in [0.25, 0.3) is 10.9 Å². The van der Waals surface area contributed by atoms with Gasteiger partial charge in [-0.2, -0.15) is 18.4 Å². The minimum absolute atomic E-state index is 0.0347. The monoisotopic (exact) mass is 654 g/mol. The van der Waals surface area contributed by atoms with Gasteiger partial charge in [-0.3, -0.25) is 19.2 Å². The highest BCUT2D eigenvalue weighted by Crippen LogP contribution is 2.34. The van der Waals surface area contributed by atoms with Crippen LogP contribution in [0.3, 0.4) is 0 Å². The summed E-state index contributed by atoms with van der Waals surface area (Å²) in [6.07, 6.45) is -1.86. The molecule has 1 atom stereocenters.